The Labute approximate surface area is 224 Å². The van der Waals surface area contributed by atoms with Crippen molar-refractivity contribution in [2.45, 2.75) is 65.2 Å². The summed E-state index contributed by atoms with van der Waals surface area (Å²) in [5, 5.41) is 8.57. The zero-order valence-electron chi connectivity index (χ0n) is 22.9. The van der Waals surface area contributed by atoms with Crippen molar-refractivity contribution in [3.63, 3.8) is 0 Å². The molecule has 38 heavy (non-hydrogen) atoms. The van der Waals surface area contributed by atoms with Crippen molar-refractivity contribution in [2.75, 3.05) is 26.2 Å². The lowest BCUT2D eigenvalue weighted by Gasteiger charge is -2.42. The predicted molar refractivity (Wildman–Crippen MR) is 147 cm³/mol. The molecule has 1 saturated heterocycles. The second-order valence-electron chi connectivity index (χ2n) is 11.1. The maximum atomic E-state index is 13.7. The van der Waals surface area contributed by atoms with Crippen LogP contribution in [0.4, 0.5) is 0 Å². The Morgan fingerprint density at radius 2 is 1.84 bits per heavy atom. The predicted octanol–water partition coefficient (Wildman–Crippen LogP) is 4.51. The number of benzene rings is 1. The Bertz CT molecular complexity index is 1320. The van der Waals surface area contributed by atoms with Crippen molar-refractivity contribution in [1.82, 2.24) is 25.0 Å². The molecular weight excluding hydrogens is 478 g/mol. The van der Waals surface area contributed by atoms with Gasteiger partial charge in [-0.25, -0.2) is 4.98 Å². The molecule has 1 fully saturated rings. The van der Waals surface area contributed by atoms with Crippen LogP contribution in [-0.2, 0) is 18.3 Å². The molecule has 1 aromatic carbocycles. The average molecular weight is 518 g/mol. The lowest BCUT2D eigenvalue weighted by Crippen LogP contribution is -2.48. The fourth-order valence-corrected chi connectivity index (χ4v) is 6.06. The molecule has 2 aromatic heterocycles. The van der Waals surface area contributed by atoms with Gasteiger partial charge in [-0.1, -0.05) is 24.6 Å². The van der Waals surface area contributed by atoms with Crippen LogP contribution in [0.2, 0.25) is 0 Å². The molecule has 2 aliphatic rings. The Balaban J connectivity index is 1.30. The lowest BCUT2D eigenvalue weighted by molar-refractivity contribution is -0.122. The number of para-hydroxylation sites is 1. The van der Waals surface area contributed by atoms with Crippen LogP contribution in [-0.4, -0.2) is 57.7 Å². The summed E-state index contributed by atoms with van der Waals surface area (Å²) in [5.41, 5.74) is 4.34. The number of amides is 2. The molecule has 3 aromatic rings. The van der Waals surface area contributed by atoms with Crippen LogP contribution in [0.1, 0.15) is 72.3 Å². The Morgan fingerprint density at radius 3 is 2.66 bits per heavy atom. The molecule has 0 unspecified atom stereocenters. The summed E-state index contributed by atoms with van der Waals surface area (Å²) in [6.45, 7) is 6.45. The topological polar surface area (TPSA) is 89.4 Å². The summed E-state index contributed by atoms with van der Waals surface area (Å²) in [4.78, 5) is 32.9. The highest BCUT2D eigenvalue weighted by molar-refractivity contribution is 6.06. The first-order valence-corrected chi connectivity index (χ1v) is 13.9. The number of ether oxygens (including phenoxy) is 1. The van der Waals surface area contributed by atoms with E-state index in [0.717, 1.165) is 66.7 Å². The lowest BCUT2D eigenvalue weighted by atomic mass is 9.74. The molecule has 0 atom stereocenters. The smallest absolute Gasteiger partial charge is 0.254 e. The van der Waals surface area contributed by atoms with Crippen LogP contribution in [0, 0.1) is 19.3 Å². The van der Waals surface area contributed by atoms with Crippen LogP contribution in [0.3, 0.4) is 0 Å². The molecule has 5 rings (SSSR count). The number of carbonyl (C=O) groups is 2. The molecule has 0 bridgehead atoms. The number of nitrogens with zero attached hydrogens (tertiary/aromatic N) is 4. The van der Waals surface area contributed by atoms with Crippen molar-refractivity contribution in [3.05, 3.63) is 52.8 Å². The van der Waals surface area contributed by atoms with Crippen LogP contribution >= 0.6 is 0 Å². The highest BCUT2D eigenvalue weighted by atomic mass is 16.5. The second-order valence-corrected chi connectivity index (χ2v) is 11.1. The third-order valence-corrected chi connectivity index (χ3v) is 8.28. The fourth-order valence-electron chi connectivity index (χ4n) is 6.06. The van der Waals surface area contributed by atoms with E-state index < -0.39 is 0 Å². The molecule has 0 aliphatic carbocycles. The van der Waals surface area contributed by atoms with Crippen LogP contribution < -0.4 is 10.1 Å². The Hall–Kier alpha value is -3.42. The number of rotatable bonds is 1. The maximum Gasteiger partial charge on any atom is 0.254 e. The summed E-state index contributed by atoms with van der Waals surface area (Å²) in [7, 11) is 1.87. The van der Waals surface area contributed by atoms with Crippen LogP contribution in [0.25, 0.3) is 11.0 Å². The molecule has 0 saturated carbocycles. The monoisotopic (exact) mass is 517 g/mol. The number of hydrogen-bond acceptors (Lipinski definition) is 5. The van der Waals surface area contributed by atoms with Crippen molar-refractivity contribution in [3.8, 4) is 5.75 Å². The van der Waals surface area contributed by atoms with Crippen molar-refractivity contribution >= 4 is 22.8 Å². The molecule has 2 amide bonds. The van der Waals surface area contributed by atoms with Gasteiger partial charge in [0.05, 0.1) is 23.3 Å². The summed E-state index contributed by atoms with van der Waals surface area (Å²) >= 11 is 0. The van der Waals surface area contributed by atoms with E-state index >= 15 is 0 Å². The van der Waals surface area contributed by atoms with E-state index in [4.69, 9.17) is 4.74 Å². The number of hydrogen-bond donors (Lipinski definition) is 1. The van der Waals surface area contributed by atoms with Gasteiger partial charge < -0.3 is 15.0 Å². The quantitative estimate of drug-likeness (QED) is 0.513. The maximum absolute atomic E-state index is 13.7. The van der Waals surface area contributed by atoms with E-state index in [-0.39, 0.29) is 17.2 Å². The highest BCUT2D eigenvalue weighted by Crippen LogP contribution is 2.37. The minimum absolute atomic E-state index is 0.0142. The number of likely N-dealkylation sites (tertiary alicyclic amines) is 1. The fraction of sp³-hybridized carbons (Fsp3) is 0.533. The van der Waals surface area contributed by atoms with Crippen molar-refractivity contribution < 1.29 is 14.3 Å². The Morgan fingerprint density at radius 1 is 1.05 bits per heavy atom. The number of carbonyl (C=O) groups excluding carboxylic acids is 2. The first-order chi connectivity index (χ1) is 18.3. The minimum atomic E-state index is 0.0142. The molecular formula is C30H39N5O3. The number of pyridine rings is 1. The van der Waals surface area contributed by atoms with Gasteiger partial charge >= 0.3 is 0 Å². The summed E-state index contributed by atoms with van der Waals surface area (Å²) < 4.78 is 7.73. The molecule has 1 spiro atoms. The van der Waals surface area contributed by atoms with Gasteiger partial charge in [0.15, 0.2) is 5.65 Å². The molecule has 202 valence electrons. The van der Waals surface area contributed by atoms with E-state index in [1.807, 2.05) is 44.0 Å². The Kier molecular flexibility index (Phi) is 7.68. The van der Waals surface area contributed by atoms with Gasteiger partial charge in [0.25, 0.3) is 5.91 Å². The SMILES string of the molecule is Cc1cc(C(=O)N2CCC3(CCCCc4ccccc4OCCCC(=O)NC3)CC2)c2c(C)nn(C)c2n1. The normalized spacial score (nSPS) is 18.9. The van der Waals surface area contributed by atoms with E-state index in [0.29, 0.717) is 44.6 Å². The molecule has 0 radical (unpaired) electrons. The van der Waals surface area contributed by atoms with Crippen LogP contribution in [0.15, 0.2) is 30.3 Å². The van der Waals surface area contributed by atoms with Gasteiger partial charge in [-0.15, -0.1) is 0 Å². The van der Waals surface area contributed by atoms with Gasteiger partial charge in [0.1, 0.15) is 5.75 Å². The summed E-state index contributed by atoms with van der Waals surface area (Å²) in [6, 6.07) is 10.1. The molecule has 2 aliphatic heterocycles. The van der Waals surface area contributed by atoms with Gasteiger partial charge in [0, 0.05) is 38.8 Å². The van der Waals surface area contributed by atoms with Crippen LogP contribution in [0.5, 0.6) is 5.75 Å². The number of aryl methyl sites for hydroxylation is 4. The molecule has 4 heterocycles. The van der Waals surface area contributed by atoms with E-state index in [2.05, 4.69) is 27.5 Å². The standard InChI is InChI=1S/C30H39N5O3/c1-21-19-24(27-22(2)33-34(3)28(27)32-21)29(37)35-16-14-30(15-17-35)13-7-6-10-23-9-4-5-11-25(23)38-18-8-12-26(36)31-20-30/h4-5,9,11,19H,6-8,10,12-18,20H2,1-3H3,(H,31,36). The summed E-state index contributed by atoms with van der Waals surface area (Å²) in [6.07, 6.45) is 7.12. The second kappa shape index (κ2) is 11.1. The minimum Gasteiger partial charge on any atom is -0.493 e. The number of nitrogens with one attached hydrogen (secondary N) is 1. The third kappa shape index (κ3) is 5.54. The number of aromatic nitrogens is 3. The summed E-state index contributed by atoms with van der Waals surface area (Å²) in [5.74, 6) is 1.07. The number of fused-ring (bicyclic) bond motifs is 2. The van der Waals surface area contributed by atoms with Crippen molar-refractivity contribution in [1.29, 1.82) is 0 Å². The van der Waals surface area contributed by atoms with E-state index in [9.17, 15) is 9.59 Å². The van der Waals surface area contributed by atoms with Gasteiger partial charge in [-0.3, -0.25) is 14.3 Å². The molecule has 8 heteroatoms. The average Bonchev–Trinajstić information content (AvgIpc) is 3.20. The largest absolute Gasteiger partial charge is 0.493 e. The highest BCUT2D eigenvalue weighted by Gasteiger charge is 2.36. The first kappa shape index (κ1) is 26.2. The first-order valence-electron chi connectivity index (χ1n) is 13.9. The van der Waals surface area contributed by atoms with Crippen molar-refractivity contribution in [2.24, 2.45) is 12.5 Å². The zero-order chi connectivity index (χ0) is 26.7. The molecule has 1 N–H and O–H groups in total. The van der Waals surface area contributed by atoms with E-state index in [1.54, 1.807) is 4.68 Å². The zero-order valence-corrected chi connectivity index (χ0v) is 22.9. The molecule has 8 nitrogen and oxygen atoms in total. The van der Waals surface area contributed by atoms with E-state index in [1.165, 1.54) is 5.56 Å². The number of piperidine rings is 1. The van der Waals surface area contributed by atoms with Gasteiger partial charge in [-0.05, 0) is 75.5 Å². The van der Waals surface area contributed by atoms with Gasteiger partial charge in [-0.2, -0.15) is 5.10 Å². The third-order valence-electron chi connectivity index (χ3n) is 8.28. The van der Waals surface area contributed by atoms with Gasteiger partial charge in [0.2, 0.25) is 5.91 Å².